The average Bonchev–Trinajstić information content (AvgIpc) is 2.84. The highest BCUT2D eigenvalue weighted by Crippen LogP contribution is 2.41. The van der Waals surface area contributed by atoms with Crippen molar-refractivity contribution in [2.24, 2.45) is 0 Å². The number of ether oxygens (including phenoxy) is 2. The average molecular weight is 267 g/mol. The topological polar surface area (TPSA) is 45.5 Å². The lowest BCUT2D eigenvalue weighted by Crippen LogP contribution is -2.27. The van der Waals surface area contributed by atoms with Gasteiger partial charge >= 0.3 is 0 Å². The van der Waals surface area contributed by atoms with Gasteiger partial charge < -0.3 is 9.47 Å². The number of rotatable bonds is 4. The smallest absolute Gasteiger partial charge is 0.231 e. The number of halogens is 1. The van der Waals surface area contributed by atoms with Crippen molar-refractivity contribution in [3.05, 3.63) is 22.7 Å². The van der Waals surface area contributed by atoms with Crippen molar-refractivity contribution < 1.29 is 9.47 Å². The molecule has 0 aliphatic carbocycles. The summed E-state index contributed by atoms with van der Waals surface area (Å²) < 4.78 is 10.6. The highest BCUT2D eigenvalue weighted by molar-refractivity contribution is 6.32. The SMILES string of the molecule is CCN(CC)C(C#N)c1cc(Cl)c2c(c1)OCO2. The summed E-state index contributed by atoms with van der Waals surface area (Å²) >= 11 is 6.13. The van der Waals surface area contributed by atoms with E-state index in [2.05, 4.69) is 11.0 Å². The Balaban J connectivity index is 2.38. The van der Waals surface area contributed by atoms with E-state index in [4.69, 9.17) is 21.1 Å². The molecule has 1 aliphatic rings. The van der Waals surface area contributed by atoms with E-state index in [-0.39, 0.29) is 12.8 Å². The molecule has 0 spiro atoms. The third-order valence-electron chi connectivity index (χ3n) is 3.07. The Bertz CT molecular complexity index is 481. The first-order chi connectivity index (χ1) is 8.71. The molecule has 0 amide bonds. The van der Waals surface area contributed by atoms with Gasteiger partial charge in [-0.05, 0) is 30.8 Å². The van der Waals surface area contributed by atoms with Gasteiger partial charge in [0.25, 0.3) is 0 Å². The predicted molar refractivity (Wildman–Crippen MR) is 68.9 cm³/mol. The molecule has 0 aromatic heterocycles. The fourth-order valence-electron chi connectivity index (χ4n) is 2.10. The third kappa shape index (κ3) is 2.24. The zero-order chi connectivity index (χ0) is 13.1. The molecule has 0 saturated carbocycles. The van der Waals surface area contributed by atoms with Crippen molar-refractivity contribution in [3.8, 4) is 17.6 Å². The fraction of sp³-hybridized carbons (Fsp3) is 0.462. The summed E-state index contributed by atoms with van der Waals surface area (Å²) in [6, 6.07) is 5.61. The number of nitrogens with zero attached hydrogens (tertiary/aromatic N) is 2. The van der Waals surface area contributed by atoms with E-state index >= 15 is 0 Å². The van der Waals surface area contributed by atoms with Gasteiger partial charge in [0.1, 0.15) is 6.04 Å². The molecular formula is C13H15ClN2O2. The highest BCUT2D eigenvalue weighted by atomic mass is 35.5. The van der Waals surface area contributed by atoms with Crippen LogP contribution >= 0.6 is 11.6 Å². The van der Waals surface area contributed by atoms with E-state index in [1.54, 1.807) is 6.07 Å². The Hall–Kier alpha value is -1.44. The number of hydrogen-bond acceptors (Lipinski definition) is 4. The maximum atomic E-state index is 9.34. The minimum atomic E-state index is -0.313. The molecule has 1 heterocycles. The molecule has 0 radical (unpaired) electrons. The normalized spacial score (nSPS) is 14.6. The van der Waals surface area contributed by atoms with Crippen LogP contribution in [0.4, 0.5) is 0 Å². The zero-order valence-electron chi connectivity index (χ0n) is 10.4. The van der Waals surface area contributed by atoms with Crippen LogP contribution in [0.3, 0.4) is 0 Å². The van der Waals surface area contributed by atoms with E-state index in [1.165, 1.54) is 0 Å². The molecule has 1 aromatic carbocycles. The molecule has 2 rings (SSSR count). The first kappa shape index (κ1) is 13.0. The quantitative estimate of drug-likeness (QED) is 0.840. The Labute approximate surface area is 112 Å². The van der Waals surface area contributed by atoms with Crippen molar-refractivity contribution >= 4 is 11.6 Å². The summed E-state index contributed by atoms with van der Waals surface area (Å²) in [5.41, 5.74) is 0.843. The fourth-order valence-corrected chi connectivity index (χ4v) is 2.37. The van der Waals surface area contributed by atoms with E-state index in [9.17, 15) is 5.26 Å². The maximum Gasteiger partial charge on any atom is 0.231 e. The van der Waals surface area contributed by atoms with Crippen LogP contribution in [0.25, 0.3) is 0 Å². The lowest BCUT2D eigenvalue weighted by molar-refractivity contribution is 0.174. The first-order valence-corrected chi connectivity index (χ1v) is 6.31. The van der Waals surface area contributed by atoms with Crippen LogP contribution in [0.2, 0.25) is 5.02 Å². The monoisotopic (exact) mass is 266 g/mol. The molecule has 1 unspecified atom stereocenters. The standard InChI is InChI=1S/C13H15ClN2O2/c1-3-16(4-2)11(7-15)9-5-10(14)13-12(6-9)17-8-18-13/h5-6,11H,3-4,8H2,1-2H3. The number of nitriles is 1. The van der Waals surface area contributed by atoms with E-state index in [0.717, 1.165) is 18.7 Å². The van der Waals surface area contributed by atoms with E-state index in [1.807, 2.05) is 19.9 Å². The summed E-state index contributed by atoms with van der Waals surface area (Å²) in [7, 11) is 0. The number of benzene rings is 1. The molecular weight excluding hydrogens is 252 g/mol. The van der Waals surface area contributed by atoms with Gasteiger partial charge in [0.05, 0.1) is 11.1 Å². The zero-order valence-corrected chi connectivity index (χ0v) is 11.2. The van der Waals surface area contributed by atoms with Gasteiger partial charge in [0, 0.05) is 0 Å². The molecule has 0 saturated heterocycles. The minimum absolute atomic E-state index is 0.182. The van der Waals surface area contributed by atoms with Crippen LogP contribution in [0.15, 0.2) is 12.1 Å². The third-order valence-corrected chi connectivity index (χ3v) is 3.35. The van der Waals surface area contributed by atoms with Crippen molar-refractivity contribution in [3.63, 3.8) is 0 Å². The van der Waals surface area contributed by atoms with Crippen molar-refractivity contribution in [2.45, 2.75) is 19.9 Å². The molecule has 1 aromatic rings. The molecule has 5 heteroatoms. The van der Waals surface area contributed by atoms with Crippen LogP contribution < -0.4 is 9.47 Å². The Kier molecular flexibility index (Phi) is 3.95. The van der Waals surface area contributed by atoms with Crippen molar-refractivity contribution in [2.75, 3.05) is 19.9 Å². The van der Waals surface area contributed by atoms with Gasteiger partial charge in [0.2, 0.25) is 6.79 Å². The lowest BCUT2D eigenvalue weighted by atomic mass is 10.1. The largest absolute Gasteiger partial charge is 0.454 e. The molecule has 18 heavy (non-hydrogen) atoms. The van der Waals surface area contributed by atoms with Gasteiger partial charge in [-0.15, -0.1) is 0 Å². The van der Waals surface area contributed by atoms with Crippen LogP contribution in [0, 0.1) is 11.3 Å². The van der Waals surface area contributed by atoms with Crippen LogP contribution in [-0.2, 0) is 0 Å². The summed E-state index contributed by atoms with van der Waals surface area (Å²) in [5.74, 6) is 1.18. The Morgan fingerprint density at radius 2 is 2.11 bits per heavy atom. The maximum absolute atomic E-state index is 9.34. The van der Waals surface area contributed by atoms with Crippen LogP contribution in [0.1, 0.15) is 25.5 Å². The summed E-state index contributed by atoms with van der Waals surface area (Å²) in [6.07, 6.45) is 0. The van der Waals surface area contributed by atoms with Crippen LogP contribution in [-0.4, -0.2) is 24.8 Å². The minimum Gasteiger partial charge on any atom is -0.454 e. The molecule has 1 aliphatic heterocycles. The summed E-state index contributed by atoms with van der Waals surface area (Å²) in [4.78, 5) is 2.06. The predicted octanol–water partition coefficient (Wildman–Crippen LogP) is 2.98. The number of hydrogen-bond donors (Lipinski definition) is 0. The molecule has 1 atom stereocenters. The first-order valence-electron chi connectivity index (χ1n) is 5.94. The highest BCUT2D eigenvalue weighted by Gasteiger charge is 2.24. The van der Waals surface area contributed by atoms with Gasteiger partial charge in [-0.3, -0.25) is 4.90 Å². The van der Waals surface area contributed by atoms with Crippen LogP contribution in [0.5, 0.6) is 11.5 Å². The summed E-state index contributed by atoms with van der Waals surface area (Å²) in [6.45, 7) is 5.85. The molecule has 0 bridgehead atoms. The molecule has 96 valence electrons. The van der Waals surface area contributed by atoms with Gasteiger partial charge in [-0.1, -0.05) is 25.4 Å². The lowest BCUT2D eigenvalue weighted by Gasteiger charge is -2.24. The van der Waals surface area contributed by atoms with E-state index < -0.39 is 0 Å². The molecule has 4 nitrogen and oxygen atoms in total. The van der Waals surface area contributed by atoms with Crippen molar-refractivity contribution in [1.82, 2.24) is 4.90 Å². The van der Waals surface area contributed by atoms with Gasteiger partial charge in [-0.25, -0.2) is 0 Å². The van der Waals surface area contributed by atoms with Crippen molar-refractivity contribution in [1.29, 1.82) is 5.26 Å². The van der Waals surface area contributed by atoms with E-state index in [0.29, 0.717) is 16.5 Å². The second-order valence-corrected chi connectivity index (χ2v) is 4.40. The Morgan fingerprint density at radius 1 is 1.39 bits per heavy atom. The molecule has 0 N–H and O–H groups in total. The summed E-state index contributed by atoms with van der Waals surface area (Å²) in [5, 5.41) is 9.84. The van der Waals surface area contributed by atoms with Gasteiger partial charge in [0.15, 0.2) is 11.5 Å². The second kappa shape index (κ2) is 5.47. The van der Waals surface area contributed by atoms with Gasteiger partial charge in [-0.2, -0.15) is 5.26 Å². The second-order valence-electron chi connectivity index (χ2n) is 3.99. The number of fused-ring (bicyclic) bond motifs is 1. The Morgan fingerprint density at radius 3 is 2.72 bits per heavy atom. The molecule has 0 fully saturated rings.